The maximum Gasteiger partial charge on any atom is 0.393 e. The lowest BCUT2D eigenvalue weighted by Crippen LogP contribution is -2.46. The van der Waals surface area contributed by atoms with Gasteiger partial charge in [-0.25, -0.2) is 8.91 Å². The molecule has 39 heavy (non-hydrogen) atoms. The van der Waals surface area contributed by atoms with Crippen LogP contribution in [0, 0.1) is 11.8 Å². The predicted octanol–water partition coefficient (Wildman–Crippen LogP) is 3.90. The summed E-state index contributed by atoms with van der Waals surface area (Å²) >= 11 is 0. The lowest BCUT2D eigenvalue weighted by Gasteiger charge is -2.33. The van der Waals surface area contributed by atoms with Gasteiger partial charge in [-0.15, -0.1) is 0 Å². The third-order valence-electron chi connectivity index (χ3n) is 6.61. The molecule has 0 radical (unpaired) electrons. The number of carbonyl (C=O) groups is 1. The van der Waals surface area contributed by atoms with Crippen molar-refractivity contribution in [1.29, 1.82) is 0 Å². The Bertz CT molecular complexity index is 1380. The summed E-state index contributed by atoms with van der Waals surface area (Å²) in [6.07, 6.45) is -6.33. The highest BCUT2D eigenvalue weighted by Gasteiger charge is 2.32. The second kappa shape index (κ2) is 11.2. The number of alkyl halides is 4. The summed E-state index contributed by atoms with van der Waals surface area (Å²) < 4.78 is 56.3. The Morgan fingerprint density at radius 3 is 2.54 bits per heavy atom. The fourth-order valence-electron chi connectivity index (χ4n) is 4.50. The topological polar surface area (TPSA) is 81.9 Å². The first-order chi connectivity index (χ1) is 18.3. The number of aromatic nitrogens is 2. The molecule has 208 valence electrons. The fourth-order valence-corrected chi connectivity index (χ4v) is 4.50. The van der Waals surface area contributed by atoms with Crippen LogP contribution in [0.4, 0.5) is 23.4 Å². The minimum absolute atomic E-state index is 0.0643. The molecule has 7 nitrogen and oxygen atoms in total. The van der Waals surface area contributed by atoms with Crippen molar-refractivity contribution in [3.63, 3.8) is 0 Å². The molecule has 1 fully saturated rings. The van der Waals surface area contributed by atoms with Crippen LogP contribution in [-0.4, -0.2) is 70.6 Å². The Morgan fingerprint density at radius 1 is 1.18 bits per heavy atom. The molecule has 0 aliphatic carbocycles. The Kier molecular flexibility index (Phi) is 8.18. The van der Waals surface area contributed by atoms with Gasteiger partial charge in [0.05, 0.1) is 30.1 Å². The number of piperidine rings is 1. The number of anilines is 1. The van der Waals surface area contributed by atoms with E-state index in [1.54, 1.807) is 50.2 Å². The van der Waals surface area contributed by atoms with Gasteiger partial charge in [0.1, 0.15) is 17.7 Å². The molecule has 2 atom stereocenters. The summed E-state index contributed by atoms with van der Waals surface area (Å²) in [6.45, 7) is 4.11. The number of hydrogen-bond donors (Lipinski definition) is 3. The van der Waals surface area contributed by atoms with Crippen molar-refractivity contribution in [2.24, 2.45) is 0 Å². The molecule has 1 saturated heterocycles. The molecule has 1 amide bonds. The summed E-state index contributed by atoms with van der Waals surface area (Å²) in [5.41, 5.74) is 0.0261. The molecule has 3 aromatic rings. The molecule has 1 aliphatic rings. The average molecular weight is 546 g/mol. The van der Waals surface area contributed by atoms with Gasteiger partial charge >= 0.3 is 6.18 Å². The summed E-state index contributed by atoms with van der Waals surface area (Å²) in [6, 6.07) is 10.7. The van der Waals surface area contributed by atoms with Gasteiger partial charge in [-0.2, -0.15) is 18.3 Å². The van der Waals surface area contributed by atoms with Crippen LogP contribution in [0.2, 0.25) is 0 Å². The number of hydrogen-bond acceptors (Lipinski definition) is 5. The molecule has 0 spiro atoms. The SMILES string of the molecule is CN1CC[C@@H](Nc2cccc3c(CC(F)(F)F)c(C#CCNC(=O)c4ccc(C(C)(C)O)cc4)nn23)[C@@H](F)C1. The van der Waals surface area contributed by atoms with E-state index in [1.165, 1.54) is 10.6 Å². The third kappa shape index (κ3) is 7.07. The molecule has 11 heteroatoms. The Labute approximate surface area is 224 Å². The maximum absolute atomic E-state index is 14.6. The zero-order valence-electron chi connectivity index (χ0n) is 21.9. The van der Waals surface area contributed by atoms with E-state index in [0.29, 0.717) is 29.9 Å². The zero-order chi connectivity index (χ0) is 28.4. The fraction of sp³-hybridized carbons (Fsp3) is 0.429. The first-order valence-corrected chi connectivity index (χ1v) is 12.6. The van der Waals surface area contributed by atoms with E-state index >= 15 is 0 Å². The van der Waals surface area contributed by atoms with Crippen molar-refractivity contribution in [2.45, 2.75) is 50.7 Å². The minimum atomic E-state index is -4.50. The second-order valence-electron chi connectivity index (χ2n) is 10.3. The van der Waals surface area contributed by atoms with Crippen LogP contribution >= 0.6 is 0 Å². The molecular formula is C28H31F4N5O2. The largest absolute Gasteiger partial charge is 0.393 e. The van der Waals surface area contributed by atoms with Crippen LogP contribution in [0.15, 0.2) is 42.5 Å². The molecule has 3 N–H and O–H groups in total. The normalized spacial score (nSPS) is 18.5. The number of pyridine rings is 1. The number of rotatable bonds is 6. The van der Waals surface area contributed by atoms with Gasteiger partial charge in [0.2, 0.25) is 0 Å². The quantitative estimate of drug-likeness (QED) is 0.324. The van der Waals surface area contributed by atoms with Crippen molar-refractivity contribution < 1.29 is 27.5 Å². The van der Waals surface area contributed by atoms with Gasteiger partial charge in [0.25, 0.3) is 5.91 Å². The van der Waals surface area contributed by atoms with E-state index in [0.717, 1.165) is 0 Å². The smallest absolute Gasteiger partial charge is 0.386 e. The first-order valence-electron chi connectivity index (χ1n) is 12.6. The number of carbonyl (C=O) groups excluding carboxylic acids is 1. The maximum atomic E-state index is 14.6. The van der Waals surface area contributed by atoms with Gasteiger partial charge in [0, 0.05) is 24.2 Å². The van der Waals surface area contributed by atoms with Crippen molar-refractivity contribution >= 4 is 17.2 Å². The lowest BCUT2D eigenvalue weighted by atomic mass is 9.97. The number of aliphatic hydroxyl groups is 1. The monoisotopic (exact) mass is 545 g/mol. The van der Waals surface area contributed by atoms with E-state index in [1.807, 2.05) is 11.9 Å². The molecule has 4 rings (SSSR count). The second-order valence-corrected chi connectivity index (χ2v) is 10.3. The van der Waals surface area contributed by atoms with Gasteiger partial charge in [0.15, 0.2) is 0 Å². The van der Waals surface area contributed by atoms with Crippen LogP contribution in [0.25, 0.3) is 5.52 Å². The van der Waals surface area contributed by atoms with Gasteiger partial charge in [-0.1, -0.05) is 24.1 Å². The number of fused-ring (bicyclic) bond motifs is 1. The predicted molar refractivity (Wildman–Crippen MR) is 140 cm³/mol. The van der Waals surface area contributed by atoms with Gasteiger partial charge < -0.3 is 20.6 Å². The number of amides is 1. The number of halogens is 4. The Morgan fingerprint density at radius 2 is 1.90 bits per heavy atom. The van der Waals surface area contributed by atoms with Crippen LogP contribution in [0.3, 0.4) is 0 Å². The van der Waals surface area contributed by atoms with Gasteiger partial charge in [-0.3, -0.25) is 4.79 Å². The highest BCUT2D eigenvalue weighted by Crippen LogP contribution is 2.29. The van der Waals surface area contributed by atoms with Crippen molar-refractivity contribution in [3.8, 4) is 11.8 Å². The number of nitrogens with zero attached hydrogens (tertiary/aromatic N) is 3. The molecule has 0 bridgehead atoms. The molecule has 2 aromatic heterocycles. The Balaban J connectivity index is 1.54. The minimum Gasteiger partial charge on any atom is -0.386 e. The molecule has 1 aromatic carbocycles. The van der Waals surface area contributed by atoms with Crippen molar-refractivity contribution in [2.75, 3.05) is 32.0 Å². The van der Waals surface area contributed by atoms with E-state index in [2.05, 4.69) is 27.6 Å². The molecule has 0 saturated carbocycles. The van der Waals surface area contributed by atoms with Crippen molar-refractivity contribution in [3.05, 3.63) is 64.8 Å². The van der Waals surface area contributed by atoms with Crippen LogP contribution in [0.1, 0.15) is 47.4 Å². The molecule has 3 heterocycles. The molecule has 1 aliphatic heterocycles. The highest BCUT2D eigenvalue weighted by atomic mass is 19.4. The van der Waals surface area contributed by atoms with Crippen LogP contribution in [-0.2, 0) is 12.0 Å². The number of nitrogens with one attached hydrogen (secondary N) is 2. The zero-order valence-corrected chi connectivity index (χ0v) is 21.9. The van der Waals surface area contributed by atoms with Crippen LogP contribution in [0.5, 0.6) is 0 Å². The van der Waals surface area contributed by atoms with E-state index < -0.39 is 36.3 Å². The molecule has 0 unspecified atom stereocenters. The average Bonchev–Trinajstić information content (AvgIpc) is 3.19. The standard InChI is InChI=1S/C28H31F4N5O2/c1-27(2,39)19-11-9-18(10-12-19)26(38)33-14-5-6-22-20(16-28(30,31)32)24-7-4-8-25(37(24)35-22)34-23-13-15-36(3)17-21(23)29/h4,7-12,21,23,34,39H,13-17H2,1-3H3,(H,33,38)/t21-,23+/m0/s1. The van der Waals surface area contributed by atoms with E-state index in [9.17, 15) is 27.5 Å². The third-order valence-corrected chi connectivity index (χ3v) is 6.61. The first kappa shape index (κ1) is 28.4. The summed E-state index contributed by atoms with van der Waals surface area (Å²) in [4.78, 5) is 14.3. The Hall–Kier alpha value is -3.62. The molecular weight excluding hydrogens is 514 g/mol. The summed E-state index contributed by atoms with van der Waals surface area (Å²) in [5.74, 6) is 5.32. The summed E-state index contributed by atoms with van der Waals surface area (Å²) in [7, 11) is 1.83. The van der Waals surface area contributed by atoms with Gasteiger partial charge in [-0.05, 0) is 63.1 Å². The highest BCUT2D eigenvalue weighted by molar-refractivity contribution is 5.94. The van der Waals surface area contributed by atoms with Crippen LogP contribution < -0.4 is 10.6 Å². The van der Waals surface area contributed by atoms with E-state index in [-0.39, 0.29) is 29.9 Å². The lowest BCUT2D eigenvalue weighted by molar-refractivity contribution is -0.127. The number of likely N-dealkylation sites (tertiary alicyclic amines) is 1. The summed E-state index contributed by atoms with van der Waals surface area (Å²) in [5, 5.41) is 20.1. The van der Waals surface area contributed by atoms with E-state index in [4.69, 9.17) is 0 Å². The van der Waals surface area contributed by atoms with Crippen molar-refractivity contribution in [1.82, 2.24) is 19.8 Å². The number of benzene rings is 1.